The molecule has 1 fully saturated rings. The van der Waals surface area contributed by atoms with Crippen LogP contribution in [-0.4, -0.2) is 23.0 Å². The summed E-state index contributed by atoms with van der Waals surface area (Å²) in [5, 5.41) is 13.7. The molecule has 0 bridgehead atoms. The van der Waals surface area contributed by atoms with E-state index in [0.29, 0.717) is 6.42 Å². The van der Waals surface area contributed by atoms with E-state index < -0.39 is 4.92 Å². The van der Waals surface area contributed by atoms with Gasteiger partial charge in [-0.25, -0.2) is 0 Å². The summed E-state index contributed by atoms with van der Waals surface area (Å²) in [5.74, 6) is -0.0536. The molecule has 2 rings (SSSR count). The van der Waals surface area contributed by atoms with E-state index in [-0.39, 0.29) is 29.8 Å². The Balaban J connectivity index is 1.83. The van der Waals surface area contributed by atoms with Gasteiger partial charge in [0.25, 0.3) is 5.69 Å². The number of hydrogen-bond donors (Lipinski definition) is 1. The number of nitro groups is 1. The van der Waals surface area contributed by atoms with Crippen LogP contribution in [0.15, 0.2) is 24.3 Å². The Bertz CT molecular complexity index is 547. The standard InChI is InChI=1S/C16H22N2O4/c1-11-6-7-15(22-11)8-9-16(19)17-12(2)13-4-3-5-14(10-13)18(20)21/h3-5,10-12,15H,6-9H2,1-2H3,(H,17,19). The minimum absolute atomic E-state index is 0.0342. The number of carbonyl (C=O) groups excluding carboxylic acids is 1. The second kappa shape index (κ2) is 7.35. The molecule has 1 aliphatic heterocycles. The minimum atomic E-state index is -0.434. The summed E-state index contributed by atoms with van der Waals surface area (Å²) in [6.45, 7) is 3.87. The van der Waals surface area contributed by atoms with E-state index in [0.717, 1.165) is 24.8 Å². The number of amides is 1. The average Bonchev–Trinajstić information content (AvgIpc) is 2.91. The third-order valence-electron chi connectivity index (χ3n) is 3.97. The zero-order chi connectivity index (χ0) is 16.1. The van der Waals surface area contributed by atoms with Crippen molar-refractivity contribution in [1.82, 2.24) is 5.32 Å². The maximum atomic E-state index is 12.0. The molecule has 0 radical (unpaired) electrons. The molecule has 22 heavy (non-hydrogen) atoms. The van der Waals surface area contributed by atoms with Crippen molar-refractivity contribution in [1.29, 1.82) is 0 Å². The Labute approximate surface area is 130 Å². The van der Waals surface area contributed by atoms with Gasteiger partial charge in [0.2, 0.25) is 5.91 Å². The third kappa shape index (κ3) is 4.53. The van der Waals surface area contributed by atoms with Crippen molar-refractivity contribution in [2.24, 2.45) is 0 Å². The Morgan fingerprint density at radius 2 is 2.27 bits per heavy atom. The van der Waals surface area contributed by atoms with Gasteiger partial charge < -0.3 is 10.1 Å². The molecular formula is C16H22N2O4. The summed E-state index contributed by atoms with van der Waals surface area (Å²) >= 11 is 0. The first-order chi connectivity index (χ1) is 10.5. The van der Waals surface area contributed by atoms with Crippen LogP contribution in [0.1, 0.15) is 51.1 Å². The lowest BCUT2D eigenvalue weighted by atomic mass is 10.1. The predicted octanol–water partition coefficient (Wildman–Crippen LogP) is 3.12. The number of benzene rings is 1. The van der Waals surface area contributed by atoms with Crippen LogP contribution < -0.4 is 5.32 Å². The van der Waals surface area contributed by atoms with Crippen molar-refractivity contribution in [2.75, 3.05) is 0 Å². The maximum absolute atomic E-state index is 12.0. The van der Waals surface area contributed by atoms with E-state index in [1.165, 1.54) is 12.1 Å². The highest BCUT2D eigenvalue weighted by atomic mass is 16.6. The Hall–Kier alpha value is -1.95. The quantitative estimate of drug-likeness (QED) is 0.646. The van der Waals surface area contributed by atoms with Gasteiger partial charge in [0, 0.05) is 18.6 Å². The average molecular weight is 306 g/mol. The molecule has 120 valence electrons. The summed E-state index contributed by atoms with van der Waals surface area (Å²) in [6.07, 6.45) is 3.66. The van der Waals surface area contributed by atoms with Gasteiger partial charge in [-0.1, -0.05) is 12.1 Å². The normalized spacial score (nSPS) is 22.3. The zero-order valence-electron chi connectivity index (χ0n) is 13.0. The molecule has 6 nitrogen and oxygen atoms in total. The topological polar surface area (TPSA) is 81.5 Å². The van der Waals surface area contributed by atoms with Crippen molar-refractivity contribution in [3.8, 4) is 0 Å². The summed E-state index contributed by atoms with van der Waals surface area (Å²) < 4.78 is 5.69. The Morgan fingerprint density at radius 3 is 2.91 bits per heavy atom. The molecule has 3 unspecified atom stereocenters. The molecule has 1 N–H and O–H groups in total. The van der Waals surface area contributed by atoms with Crippen LogP contribution >= 0.6 is 0 Å². The van der Waals surface area contributed by atoms with Crippen molar-refractivity contribution >= 4 is 11.6 Å². The highest BCUT2D eigenvalue weighted by Crippen LogP contribution is 2.23. The molecule has 3 atom stereocenters. The SMILES string of the molecule is CC1CCC(CCC(=O)NC(C)c2cccc([N+](=O)[O-])c2)O1. The zero-order valence-corrected chi connectivity index (χ0v) is 13.0. The monoisotopic (exact) mass is 306 g/mol. The van der Waals surface area contributed by atoms with Gasteiger partial charge in [-0.05, 0) is 38.7 Å². The number of carbonyl (C=O) groups is 1. The van der Waals surface area contributed by atoms with Crippen LogP contribution in [-0.2, 0) is 9.53 Å². The molecular weight excluding hydrogens is 284 g/mol. The van der Waals surface area contributed by atoms with E-state index >= 15 is 0 Å². The van der Waals surface area contributed by atoms with Gasteiger partial charge in [-0.3, -0.25) is 14.9 Å². The second-order valence-corrected chi connectivity index (χ2v) is 5.83. The van der Waals surface area contributed by atoms with E-state index in [1.807, 2.05) is 13.8 Å². The first kappa shape index (κ1) is 16.4. The number of rotatable bonds is 6. The molecule has 0 aromatic heterocycles. The summed E-state index contributed by atoms with van der Waals surface area (Å²) in [4.78, 5) is 22.3. The number of nitro benzene ring substituents is 1. The third-order valence-corrected chi connectivity index (χ3v) is 3.97. The smallest absolute Gasteiger partial charge is 0.269 e. The summed E-state index contributed by atoms with van der Waals surface area (Å²) in [7, 11) is 0. The molecule has 1 aliphatic rings. The first-order valence-corrected chi connectivity index (χ1v) is 7.65. The van der Waals surface area contributed by atoms with Crippen LogP contribution in [0, 0.1) is 10.1 Å². The molecule has 0 saturated carbocycles. The van der Waals surface area contributed by atoms with Gasteiger partial charge in [0.05, 0.1) is 23.2 Å². The van der Waals surface area contributed by atoms with Gasteiger partial charge in [0.15, 0.2) is 0 Å². The lowest BCUT2D eigenvalue weighted by Gasteiger charge is -2.15. The van der Waals surface area contributed by atoms with Crippen molar-refractivity contribution in [3.63, 3.8) is 0 Å². The highest BCUT2D eigenvalue weighted by Gasteiger charge is 2.22. The maximum Gasteiger partial charge on any atom is 0.269 e. The fourth-order valence-corrected chi connectivity index (χ4v) is 2.69. The molecule has 1 heterocycles. The number of non-ortho nitro benzene ring substituents is 1. The van der Waals surface area contributed by atoms with E-state index in [2.05, 4.69) is 5.32 Å². The van der Waals surface area contributed by atoms with Crippen molar-refractivity contribution < 1.29 is 14.5 Å². The Kier molecular flexibility index (Phi) is 5.49. The van der Waals surface area contributed by atoms with Crippen molar-refractivity contribution in [2.45, 2.75) is 57.8 Å². The minimum Gasteiger partial charge on any atom is -0.375 e. The lowest BCUT2D eigenvalue weighted by molar-refractivity contribution is -0.384. The summed E-state index contributed by atoms with van der Waals surface area (Å²) in [6, 6.07) is 6.09. The number of hydrogen-bond acceptors (Lipinski definition) is 4. The number of ether oxygens (including phenoxy) is 1. The van der Waals surface area contributed by atoms with Crippen LogP contribution in [0.3, 0.4) is 0 Å². The van der Waals surface area contributed by atoms with Crippen LogP contribution in [0.25, 0.3) is 0 Å². The molecule has 1 aromatic rings. The van der Waals surface area contributed by atoms with Gasteiger partial charge in [-0.15, -0.1) is 0 Å². The molecule has 1 aromatic carbocycles. The fourth-order valence-electron chi connectivity index (χ4n) is 2.69. The van der Waals surface area contributed by atoms with Crippen LogP contribution in [0.2, 0.25) is 0 Å². The van der Waals surface area contributed by atoms with E-state index in [9.17, 15) is 14.9 Å². The van der Waals surface area contributed by atoms with E-state index in [4.69, 9.17) is 4.74 Å². The highest BCUT2D eigenvalue weighted by molar-refractivity contribution is 5.76. The Morgan fingerprint density at radius 1 is 1.50 bits per heavy atom. The number of nitrogens with zero attached hydrogens (tertiary/aromatic N) is 1. The molecule has 1 saturated heterocycles. The van der Waals surface area contributed by atoms with E-state index in [1.54, 1.807) is 12.1 Å². The van der Waals surface area contributed by atoms with Crippen LogP contribution in [0.5, 0.6) is 0 Å². The molecule has 0 aliphatic carbocycles. The molecule has 6 heteroatoms. The van der Waals surface area contributed by atoms with Gasteiger partial charge in [-0.2, -0.15) is 0 Å². The van der Waals surface area contributed by atoms with Crippen molar-refractivity contribution in [3.05, 3.63) is 39.9 Å². The molecule has 1 amide bonds. The van der Waals surface area contributed by atoms with Gasteiger partial charge >= 0.3 is 0 Å². The lowest BCUT2D eigenvalue weighted by Crippen LogP contribution is -2.27. The summed E-state index contributed by atoms with van der Waals surface area (Å²) in [5.41, 5.74) is 0.764. The molecule has 0 spiro atoms. The first-order valence-electron chi connectivity index (χ1n) is 7.65. The number of nitrogens with one attached hydrogen (secondary N) is 1. The van der Waals surface area contributed by atoms with Gasteiger partial charge in [0.1, 0.15) is 0 Å². The largest absolute Gasteiger partial charge is 0.375 e. The fraction of sp³-hybridized carbons (Fsp3) is 0.562. The predicted molar refractivity (Wildman–Crippen MR) is 82.5 cm³/mol. The van der Waals surface area contributed by atoms with Crippen LogP contribution in [0.4, 0.5) is 5.69 Å². The second-order valence-electron chi connectivity index (χ2n) is 5.83.